The molecule has 1 unspecified atom stereocenters. The maximum Gasteiger partial charge on any atom is 0.233 e. The van der Waals surface area contributed by atoms with Gasteiger partial charge in [-0.3, -0.25) is 4.79 Å². The Morgan fingerprint density at radius 3 is 2.67 bits per heavy atom. The lowest BCUT2D eigenvalue weighted by molar-refractivity contribution is -0.120. The lowest BCUT2D eigenvalue weighted by Crippen LogP contribution is -2.35. The van der Waals surface area contributed by atoms with Crippen molar-refractivity contribution in [1.82, 2.24) is 10.6 Å². The molecule has 1 aromatic carbocycles. The molecule has 0 spiro atoms. The molecule has 5 heteroatoms. The average molecular weight is 271 g/mol. The van der Waals surface area contributed by atoms with E-state index in [0.29, 0.717) is 18.1 Å². The molecule has 1 aromatic rings. The number of aliphatic hydroxyl groups is 1. The van der Waals surface area contributed by atoms with Gasteiger partial charge in [0.15, 0.2) is 0 Å². The van der Waals surface area contributed by atoms with Crippen molar-refractivity contribution in [2.75, 3.05) is 19.6 Å². The first-order valence-corrected chi connectivity index (χ1v) is 6.42. The summed E-state index contributed by atoms with van der Waals surface area (Å²) in [6.45, 7) is 3.23. The molecule has 100 valence electrons. The summed E-state index contributed by atoms with van der Waals surface area (Å²) in [6, 6.07) is 7.00. The Morgan fingerprint density at radius 2 is 2.06 bits per heavy atom. The van der Waals surface area contributed by atoms with E-state index in [1.54, 1.807) is 24.3 Å². The second kappa shape index (κ2) is 8.08. The van der Waals surface area contributed by atoms with E-state index in [9.17, 15) is 9.90 Å². The third-order valence-corrected chi connectivity index (χ3v) is 2.70. The molecule has 1 rings (SSSR count). The molecule has 1 atom stereocenters. The number of hydrogen-bond donors (Lipinski definition) is 3. The van der Waals surface area contributed by atoms with E-state index in [0.717, 1.165) is 12.0 Å². The molecule has 18 heavy (non-hydrogen) atoms. The highest BCUT2D eigenvalue weighted by molar-refractivity contribution is 6.30. The molecule has 0 radical (unpaired) electrons. The molecule has 0 saturated carbocycles. The summed E-state index contributed by atoms with van der Waals surface area (Å²) < 4.78 is 0. The summed E-state index contributed by atoms with van der Waals surface area (Å²) in [7, 11) is 0. The predicted molar refractivity (Wildman–Crippen MR) is 72.6 cm³/mol. The molecule has 1 amide bonds. The standard InChI is InChI=1S/C13H19ClN2O2/c1-2-7-16-13(18)9-15-8-12(17)10-3-5-11(14)6-4-10/h3-6,12,15,17H,2,7-9H2,1H3,(H,16,18). The van der Waals surface area contributed by atoms with E-state index in [4.69, 9.17) is 11.6 Å². The van der Waals surface area contributed by atoms with E-state index in [1.807, 2.05) is 6.92 Å². The highest BCUT2D eigenvalue weighted by Gasteiger charge is 2.07. The molecular formula is C13H19ClN2O2. The Kier molecular flexibility index (Phi) is 6.72. The Bertz CT molecular complexity index is 368. The first kappa shape index (κ1) is 15.0. The zero-order chi connectivity index (χ0) is 13.4. The number of aliphatic hydroxyl groups excluding tert-OH is 1. The van der Waals surface area contributed by atoms with Gasteiger partial charge in [0.2, 0.25) is 5.91 Å². The lowest BCUT2D eigenvalue weighted by atomic mass is 10.1. The maximum atomic E-state index is 11.3. The van der Waals surface area contributed by atoms with Crippen LogP contribution in [0.15, 0.2) is 24.3 Å². The largest absolute Gasteiger partial charge is 0.387 e. The van der Waals surface area contributed by atoms with Gasteiger partial charge in [-0.1, -0.05) is 30.7 Å². The fraction of sp³-hybridized carbons (Fsp3) is 0.462. The molecule has 0 bridgehead atoms. The summed E-state index contributed by atoms with van der Waals surface area (Å²) in [5.41, 5.74) is 0.779. The number of carbonyl (C=O) groups is 1. The van der Waals surface area contributed by atoms with E-state index < -0.39 is 6.10 Å². The second-order valence-electron chi connectivity index (χ2n) is 4.05. The third kappa shape index (κ3) is 5.49. The minimum Gasteiger partial charge on any atom is -0.387 e. The second-order valence-corrected chi connectivity index (χ2v) is 4.48. The molecule has 0 fully saturated rings. The molecule has 0 aliphatic carbocycles. The van der Waals surface area contributed by atoms with Gasteiger partial charge >= 0.3 is 0 Å². The minimum atomic E-state index is -0.638. The Labute approximate surface area is 112 Å². The van der Waals surface area contributed by atoms with Gasteiger partial charge in [0.25, 0.3) is 0 Å². The van der Waals surface area contributed by atoms with Gasteiger partial charge in [0, 0.05) is 18.1 Å². The van der Waals surface area contributed by atoms with Crippen LogP contribution < -0.4 is 10.6 Å². The van der Waals surface area contributed by atoms with Crippen molar-refractivity contribution < 1.29 is 9.90 Å². The third-order valence-electron chi connectivity index (χ3n) is 2.45. The van der Waals surface area contributed by atoms with Gasteiger partial charge in [-0.05, 0) is 24.1 Å². The van der Waals surface area contributed by atoms with E-state index in [-0.39, 0.29) is 12.5 Å². The Balaban J connectivity index is 2.26. The number of benzene rings is 1. The van der Waals surface area contributed by atoms with Crippen LogP contribution in [0.2, 0.25) is 5.02 Å². The maximum absolute atomic E-state index is 11.3. The quantitative estimate of drug-likeness (QED) is 0.704. The summed E-state index contributed by atoms with van der Waals surface area (Å²) in [6.07, 6.45) is 0.278. The van der Waals surface area contributed by atoms with Crippen LogP contribution in [0, 0.1) is 0 Å². The summed E-state index contributed by atoms with van der Waals surface area (Å²) in [4.78, 5) is 11.3. The van der Waals surface area contributed by atoms with Crippen LogP contribution in [0.5, 0.6) is 0 Å². The fourth-order valence-electron chi connectivity index (χ4n) is 1.45. The van der Waals surface area contributed by atoms with Crippen LogP contribution in [0.25, 0.3) is 0 Å². The molecule has 0 aliphatic rings. The van der Waals surface area contributed by atoms with Crippen LogP contribution >= 0.6 is 11.6 Å². The summed E-state index contributed by atoms with van der Waals surface area (Å²) in [5.74, 6) is -0.0554. The van der Waals surface area contributed by atoms with Gasteiger partial charge in [-0.2, -0.15) is 0 Å². The molecule has 0 aromatic heterocycles. The zero-order valence-electron chi connectivity index (χ0n) is 10.4. The SMILES string of the molecule is CCCNC(=O)CNCC(O)c1ccc(Cl)cc1. The van der Waals surface area contributed by atoms with Gasteiger partial charge in [-0.25, -0.2) is 0 Å². The minimum absolute atomic E-state index is 0.0554. The van der Waals surface area contributed by atoms with Gasteiger partial charge in [0.1, 0.15) is 0 Å². The van der Waals surface area contributed by atoms with Crippen molar-refractivity contribution >= 4 is 17.5 Å². The highest BCUT2D eigenvalue weighted by Crippen LogP contribution is 2.15. The van der Waals surface area contributed by atoms with Gasteiger partial charge < -0.3 is 15.7 Å². The van der Waals surface area contributed by atoms with Gasteiger partial charge in [-0.15, -0.1) is 0 Å². The first-order chi connectivity index (χ1) is 8.63. The van der Waals surface area contributed by atoms with Crippen LogP contribution in [-0.2, 0) is 4.79 Å². The molecule has 0 aliphatic heterocycles. The van der Waals surface area contributed by atoms with Crippen LogP contribution in [-0.4, -0.2) is 30.6 Å². The summed E-state index contributed by atoms with van der Waals surface area (Å²) in [5, 5.41) is 16.2. The van der Waals surface area contributed by atoms with Crippen molar-refractivity contribution in [3.05, 3.63) is 34.9 Å². The number of carbonyl (C=O) groups excluding carboxylic acids is 1. The van der Waals surface area contributed by atoms with E-state index in [2.05, 4.69) is 10.6 Å². The molecule has 0 heterocycles. The smallest absolute Gasteiger partial charge is 0.233 e. The first-order valence-electron chi connectivity index (χ1n) is 6.04. The monoisotopic (exact) mass is 270 g/mol. The van der Waals surface area contributed by atoms with Crippen LogP contribution in [0.1, 0.15) is 25.0 Å². The van der Waals surface area contributed by atoms with Crippen molar-refractivity contribution in [3.63, 3.8) is 0 Å². The van der Waals surface area contributed by atoms with E-state index >= 15 is 0 Å². The van der Waals surface area contributed by atoms with Crippen molar-refractivity contribution in [2.45, 2.75) is 19.4 Å². The Hall–Kier alpha value is -1.10. The van der Waals surface area contributed by atoms with E-state index in [1.165, 1.54) is 0 Å². The molecule has 0 saturated heterocycles. The van der Waals surface area contributed by atoms with Crippen molar-refractivity contribution in [2.24, 2.45) is 0 Å². The molecular weight excluding hydrogens is 252 g/mol. The normalized spacial score (nSPS) is 12.2. The number of nitrogens with one attached hydrogen (secondary N) is 2. The van der Waals surface area contributed by atoms with Crippen molar-refractivity contribution in [1.29, 1.82) is 0 Å². The number of rotatable bonds is 7. The number of halogens is 1. The fourth-order valence-corrected chi connectivity index (χ4v) is 1.58. The summed E-state index contributed by atoms with van der Waals surface area (Å²) >= 11 is 5.76. The van der Waals surface area contributed by atoms with Crippen LogP contribution in [0.4, 0.5) is 0 Å². The lowest BCUT2D eigenvalue weighted by Gasteiger charge is -2.12. The van der Waals surface area contributed by atoms with Crippen LogP contribution in [0.3, 0.4) is 0 Å². The Morgan fingerprint density at radius 1 is 1.39 bits per heavy atom. The predicted octanol–water partition coefficient (Wildman–Crippen LogP) is 1.49. The topological polar surface area (TPSA) is 61.4 Å². The number of amides is 1. The highest BCUT2D eigenvalue weighted by atomic mass is 35.5. The zero-order valence-corrected chi connectivity index (χ0v) is 11.2. The molecule has 4 nitrogen and oxygen atoms in total. The van der Waals surface area contributed by atoms with Crippen molar-refractivity contribution in [3.8, 4) is 0 Å². The number of hydrogen-bond acceptors (Lipinski definition) is 3. The molecule has 3 N–H and O–H groups in total. The average Bonchev–Trinajstić information content (AvgIpc) is 2.37. The van der Waals surface area contributed by atoms with Gasteiger partial charge in [0.05, 0.1) is 12.6 Å².